The molecule has 2 aromatic rings. The number of piperazine rings is 1. The van der Waals surface area contributed by atoms with Crippen LogP contribution in [0.3, 0.4) is 0 Å². The number of H-pyrrole nitrogens is 1. The molecule has 0 amide bonds. The number of para-hydroxylation sites is 1. The van der Waals surface area contributed by atoms with E-state index in [1.807, 2.05) is 12.1 Å². The van der Waals surface area contributed by atoms with E-state index < -0.39 is 0 Å². The molecule has 31 heavy (non-hydrogen) atoms. The fourth-order valence-corrected chi connectivity index (χ4v) is 5.94. The van der Waals surface area contributed by atoms with Gasteiger partial charge in [-0.2, -0.15) is 5.10 Å². The Kier molecular flexibility index (Phi) is 6.55. The largest absolute Gasteiger partial charge is 0.367 e. The van der Waals surface area contributed by atoms with Crippen molar-refractivity contribution in [1.29, 1.82) is 0 Å². The van der Waals surface area contributed by atoms with Crippen LogP contribution in [0.15, 0.2) is 30.5 Å². The van der Waals surface area contributed by atoms with Gasteiger partial charge in [-0.15, -0.1) is 0 Å². The van der Waals surface area contributed by atoms with E-state index >= 15 is 0 Å². The molecule has 5 rings (SSSR count). The van der Waals surface area contributed by atoms with E-state index in [1.165, 1.54) is 62.7 Å². The lowest BCUT2D eigenvalue weighted by Gasteiger charge is -2.44. The van der Waals surface area contributed by atoms with E-state index in [1.54, 1.807) is 12.1 Å². The zero-order valence-corrected chi connectivity index (χ0v) is 18.6. The predicted octanol–water partition coefficient (Wildman–Crippen LogP) is 4.38. The summed E-state index contributed by atoms with van der Waals surface area (Å²) < 4.78 is 14.2. The maximum absolute atomic E-state index is 14.2. The molecule has 0 unspecified atom stereocenters. The smallest absolute Gasteiger partial charge is 0.146 e. The summed E-state index contributed by atoms with van der Waals surface area (Å²) in [5.41, 5.74) is 3.57. The number of aromatic nitrogens is 2. The first kappa shape index (κ1) is 21.0. The molecule has 1 aromatic carbocycles. The number of halogens is 1. The molecular weight excluding hydrogens is 389 g/mol. The molecule has 0 spiro atoms. The number of anilines is 1. The summed E-state index contributed by atoms with van der Waals surface area (Å²) in [6.07, 6.45) is 11.3. The van der Waals surface area contributed by atoms with Crippen LogP contribution in [-0.4, -0.2) is 65.3 Å². The lowest BCUT2D eigenvalue weighted by Crippen LogP contribution is -2.55. The summed E-state index contributed by atoms with van der Waals surface area (Å²) in [6.45, 7) is 7.19. The van der Waals surface area contributed by atoms with Gasteiger partial charge in [0.25, 0.3) is 0 Å². The number of benzene rings is 1. The van der Waals surface area contributed by atoms with E-state index in [-0.39, 0.29) is 5.82 Å². The van der Waals surface area contributed by atoms with Crippen LogP contribution in [0.2, 0.25) is 0 Å². The molecule has 6 heteroatoms. The molecule has 1 atom stereocenters. The van der Waals surface area contributed by atoms with Crippen molar-refractivity contribution in [2.75, 3.05) is 44.2 Å². The van der Waals surface area contributed by atoms with E-state index in [4.69, 9.17) is 0 Å². The Morgan fingerprint density at radius 3 is 2.55 bits per heavy atom. The van der Waals surface area contributed by atoms with Crippen LogP contribution in [0.5, 0.6) is 0 Å². The number of nitrogens with one attached hydrogen (secondary N) is 1. The molecular formula is C25H36FN5. The summed E-state index contributed by atoms with van der Waals surface area (Å²) in [7, 11) is 0. The molecule has 0 radical (unpaired) electrons. The third-order valence-electron chi connectivity index (χ3n) is 7.66. The quantitative estimate of drug-likeness (QED) is 0.771. The van der Waals surface area contributed by atoms with Gasteiger partial charge in [0.15, 0.2) is 0 Å². The number of nitrogens with zero attached hydrogens (tertiary/aromatic N) is 4. The van der Waals surface area contributed by atoms with Crippen molar-refractivity contribution in [1.82, 2.24) is 20.0 Å². The molecule has 1 aliphatic carbocycles. The van der Waals surface area contributed by atoms with Crippen LogP contribution in [-0.2, 0) is 6.54 Å². The summed E-state index contributed by atoms with van der Waals surface area (Å²) >= 11 is 0. The maximum atomic E-state index is 14.2. The second kappa shape index (κ2) is 9.70. The molecule has 1 N–H and O–H groups in total. The Morgan fingerprint density at radius 1 is 0.935 bits per heavy atom. The Morgan fingerprint density at radius 2 is 1.74 bits per heavy atom. The van der Waals surface area contributed by atoms with Crippen LogP contribution in [0.1, 0.15) is 62.1 Å². The van der Waals surface area contributed by atoms with Crippen LogP contribution in [0, 0.1) is 5.82 Å². The highest BCUT2D eigenvalue weighted by Gasteiger charge is 2.29. The Balaban J connectivity index is 1.16. The average molecular weight is 426 g/mol. The third-order valence-corrected chi connectivity index (χ3v) is 7.66. The lowest BCUT2D eigenvalue weighted by atomic mass is 9.85. The van der Waals surface area contributed by atoms with E-state index in [9.17, 15) is 4.39 Å². The summed E-state index contributed by atoms with van der Waals surface area (Å²) in [4.78, 5) is 7.48. The van der Waals surface area contributed by atoms with Crippen LogP contribution < -0.4 is 4.90 Å². The van der Waals surface area contributed by atoms with Crippen molar-refractivity contribution in [3.63, 3.8) is 0 Å². The first-order valence-corrected chi connectivity index (χ1v) is 12.3. The molecule has 5 nitrogen and oxygen atoms in total. The SMILES string of the molecule is Fc1ccccc1N1CCN([C@H]2CCCN(Cc3cn[nH]c3C3CCCCC3)C2)CC1. The minimum Gasteiger partial charge on any atom is -0.367 e. The molecule has 2 aliphatic heterocycles. The lowest BCUT2D eigenvalue weighted by molar-refractivity contribution is 0.0884. The Labute approximate surface area is 185 Å². The second-order valence-corrected chi connectivity index (χ2v) is 9.65. The zero-order chi connectivity index (χ0) is 21.0. The van der Waals surface area contributed by atoms with Crippen molar-refractivity contribution in [3.05, 3.63) is 47.5 Å². The Hall–Kier alpha value is -1.92. The Bertz CT molecular complexity index is 838. The van der Waals surface area contributed by atoms with E-state index in [0.717, 1.165) is 45.0 Å². The minimum atomic E-state index is -0.103. The summed E-state index contributed by atoms with van der Waals surface area (Å²) in [5, 5.41) is 7.76. The fraction of sp³-hybridized carbons (Fsp3) is 0.640. The van der Waals surface area contributed by atoms with Gasteiger partial charge < -0.3 is 4.90 Å². The van der Waals surface area contributed by atoms with Crippen LogP contribution >= 0.6 is 0 Å². The van der Waals surface area contributed by atoms with Gasteiger partial charge in [-0.05, 0) is 44.4 Å². The molecule has 3 aliphatic rings. The van der Waals surface area contributed by atoms with Gasteiger partial charge in [-0.1, -0.05) is 31.4 Å². The highest BCUT2D eigenvalue weighted by atomic mass is 19.1. The highest BCUT2D eigenvalue weighted by Crippen LogP contribution is 2.34. The van der Waals surface area contributed by atoms with Gasteiger partial charge >= 0.3 is 0 Å². The first-order valence-electron chi connectivity index (χ1n) is 12.3. The van der Waals surface area contributed by atoms with Crippen molar-refractivity contribution >= 4 is 5.69 Å². The summed E-state index contributed by atoms with van der Waals surface area (Å²) in [5.74, 6) is 0.576. The number of rotatable bonds is 5. The third kappa shape index (κ3) is 4.80. The number of hydrogen-bond donors (Lipinski definition) is 1. The monoisotopic (exact) mass is 425 g/mol. The van der Waals surface area contributed by atoms with Gasteiger partial charge in [0.1, 0.15) is 5.82 Å². The fourth-order valence-electron chi connectivity index (χ4n) is 5.94. The molecule has 1 saturated carbocycles. The topological polar surface area (TPSA) is 38.4 Å². The molecule has 2 saturated heterocycles. The van der Waals surface area contributed by atoms with Gasteiger partial charge in [-0.3, -0.25) is 14.9 Å². The van der Waals surface area contributed by atoms with E-state index in [2.05, 4.69) is 31.1 Å². The van der Waals surface area contributed by atoms with Crippen molar-refractivity contribution in [2.45, 2.75) is 63.5 Å². The molecule has 168 valence electrons. The predicted molar refractivity (Wildman–Crippen MR) is 123 cm³/mol. The van der Waals surface area contributed by atoms with Gasteiger partial charge in [-0.25, -0.2) is 4.39 Å². The van der Waals surface area contributed by atoms with Crippen molar-refractivity contribution in [3.8, 4) is 0 Å². The average Bonchev–Trinajstić information content (AvgIpc) is 3.28. The van der Waals surface area contributed by atoms with E-state index in [0.29, 0.717) is 12.0 Å². The highest BCUT2D eigenvalue weighted by molar-refractivity contribution is 5.48. The number of aromatic amines is 1. The van der Waals surface area contributed by atoms with Gasteiger partial charge in [0, 0.05) is 62.5 Å². The molecule has 3 heterocycles. The van der Waals surface area contributed by atoms with Gasteiger partial charge in [0.05, 0.1) is 11.9 Å². The van der Waals surface area contributed by atoms with Crippen molar-refractivity contribution < 1.29 is 4.39 Å². The maximum Gasteiger partial charge on any atom is 0.146 e. The van der Waals surface area contributed by atoms with Gasteiger partial charge in [0.2, 0.25) is 0 Å². The number of likely N-dealkylation sites (tertiary alicyclic amines) is 1. The second-order valence-electron chi connectivity index (χ2n) is 9.65. The normalized spacial score (nSPS) is 24.5. The first-order chi connectivity index (χ1) is 15.3. The van der Waals surface area contributed by atoms with Crippen LogP contribution in [0.4, 0.5) is 10.1 Å². The molecule has 1 aromatic heterocycles. The number of piperidine rings is 1. The van der Waals surface area contributed by atoms with Crippen molar-refractivity contribution in [2.24, 2.45) is 0 Å². The number of hydrogen-bond acceptors (Lipinski definition) is 4. The zero-order valence-electron chi connectivity index (χ0n) is 18.6. The standard InChI is InChI=1S/C25H36FN5/c26-23-10-4-5-11-24(23)31-15-13-30(14-16-31)22-9-6-12-29(19-22)18-21-17-27-28-25(21)20-7-2-1-3-8-20/h4-5,10-11,17,20,22H,1-3,6-9,12-16,18-19H2,(H,27,28)/t22-/m0/s1. The minimum absolute atomic E-state index is 0.103. The van der Waals surface area contributed by atoms with Crippen LogP contribution in [0.25, 0.3) is 0 Å². The summed E-state index contributed by atoms with van der Waals surface area (Å²) in [6, 6.07) is 7.79. The molecule has 0 bridgehead atoms. The molecule has 3 fully saturated rings.